The number of nitrogens with zero attached hydrogens (tertiary/aromatic N) is 2. The van der Waals surface area contributed by atoms with E-state index in [0.29, 0.717) is 12.1 Å². The summed E-state index contributed by atoms with van der Waals surface area (Å²) in [7, 11) is 1.77. The van der Waals surface area contributed by atoms with Crippen molar-refractivity contribution in [3.63, 3.8) is 0 Å². The first kappa shape index (κ1) is 18.9. The maximum Gasteiger partial charge on any atom is 0.238 e. The van der Waals surface area contributed by atoms with Crippen LogP contribution in [0, 0.1) is 6.92 Å². The first-order valence-corrected chi connectivity index (χ1v) is 9.64. The number of amides is 2. The molecule has 1 atom stereocenters. The Bertz CT molecular complexity index is 1050. The van der Waals surface area contributed by atoms with E-state index in [9.17, 15) is 9.59 Å². The summed E-state index contributed by atoms with van der Waals surface area (Å²) >= 11 is 0. The van der Waals surface area contributed by atoms with Crippen molar-refractivity contribution < 1.29 is 9.59 Å². The van der Waals surface area contributed by atoms with E-state index in [1.807, 2.05) is 73.7 Å². The number of benzene rings is 2. The molecule has 29 heavy (non-hydrogen) atoms. The lowest BCUT2D eigenvalue weighted by Crippen LogP contribution is -2.43. The lowest BCUT2D eigenvalue weighted by atomic mass is 9.73. The summed E-state index contributed by atoms with van der Waals surface area (Å²) in [5.74, 6) is -0.259. The summed E-state index contributed by atoms with van der Waals surface area (Å²) in [5.41, 5.74) is 3.35. The van der Waals surface area contributed by atoms with Crippen molar-refractivity contribution in [2.45, 2.75) is 25.2 Å². The predicted molar refractivity (Wildman–Crippen MR) is 114 cm³/mol. The molecule has 1 aliphatic heterocycles. The van der Waals surface area contributed by atoms with Gasteiger partial charge in [0, 0.05) is 24.8 Å². The average molecular weight is 385 g/mol. The number of hydrogen-bond acceptors (Lipinski definition) is 3. The Morgan fingerprint density at radius 2 is 1.76 bits per heavy atom. The smallest absolute Gasteiger partial charge is 0.238 e. The zero-order valence-electron chi connectivity index (χ0n) is 16.6. The molecule has 1 aromatic heterocycles. The molecule has 5 heteroatoms. The highest BCUT2D eigenvalue weighted by Crippen LogP contribution is 2.45. The number of nitrogens with one attached hydrogen (secondary N) is 1. The molecule has 5 nitrogen and oxygen atoms in total. The Balaban J connectivity index is 1.70. The second-order valence-corrected chi connectivity index (χ2v) is 7.54. The molecule has 0 spiro atoms. The maximum atomic E-state index is 13.5. The molecule has 0 fully saturated rings. The van der Waals surface area contributed by atoms with Crippen LogP contribution in [-0.2, 0) is 21.4 Å². The number of carbonyl (C=O) groups is 2. The van der Waals surface area contributed by atoms with Crippen LogP contribution in [0.4, 0.5) is 11.4 Å². The molecule has 0 unspecified atom stereocenters. The van der Waals surface area contributed by atoms with Crippen LogP contribution in [0.2, 0.25) is 0 Å². The minimum absolute atomic E-state index is 0.0558. The van der Waals surface area contributed by atoms with E-state index in [4.69, 9.17) is 0 Å². The van der Waals surface area contributed by atoms with Gasteiger partial charge in [-0.3, -0.25) is 14.6 Å². The van der Waals surface area contributed by atoms with Gasteiger partial charge in [0.2, 0.25) is 11.8 Å². The zero-order valence-corrected chi connectivity index (χ0v) is 16.6. The average Bonchev–Trinajstić information content (AvgIpc) is 2.93. The van der Waals surface area contributed by atoms with Crippen LogP contribution in [0.15, 0.2) is 72.9 Å². The van der Waals surface area contributed by atoms with Crippen molar-refractivity contribution in [3.8, 4) is 0 Å². The van der Waals surface area contributed by atoms with Crippen molar-refractivity contribution >= 4 is 23.2 Å². The molecule has 0 saturated heterocycles. The van der Waals surface area contributed by atoms with Crippen molar-refractivity contribution in [2.75, 3.05) is 17.3 Å². The standard InChI is InChI=1S/C24H23N3O2/c1-17-12-13-19(16-25-17)26-22(28)15-24(14-18-8-4-3-5-9-18)20-10-6-7-11-21(20)27(2)23(24)29/h3-13,16H,14-15H2,1-2H3,(H,26,28)/t24-/m0/s1. The van der Waals surface area contributed by atoms with Crippen molar-refractivity contribution in [1.82, 2.24) is 4.98 Å². The summed E-state index contributed by atoms with van der Waals surface area (Å²) in [6, 6.07) is 21.2. The number of aryl methyl sites for hydroxylation is 1. The van der Waals surface area contributed by atoms with Gasteiger partial charge in [-0.05, 0) is 42.7 Å². The van der Waals surface area contributed by atoms with Gasteiger partial charge in [-0.2, -0.15) is 0 Å². The lowest BCUT2D eigenvalue weighted by molar-refractivity contribution is -0.127. The zero-order chi connectivity index (χ0) is 20.4. The van der Waals surface area contributed by atoms with E-state index < -0.39 is 5.41 Å². The van der Waals surface area contributed by atoms with Gasteiger partial charge in [0.15, 0.2) is 0 Å². The van der Waals surface area contributed by atoms with Gasteiger partial charge in [0.1, 0.15) is 0 Å². The third kappa shape index (κ3) is 3.51. The molecule has 0 bridgehead atoms. The summed E-state index contributed by atoms with van der Waals surface area (Å²) < 4.78 is 0. The Hall–Kier alpha value is -3.47. The fraction of sp³-hybridized carbons (Fsp3) is 0.208. The monoisotopic (exact) mass is 385 g/mol. The number of anilines is 2. The number of hydrogen-bond donors (Lipinski definition) is 1. The first-order valence-electron chi connectivity index (χ1n) is 9.64. The van der Waals surface area contributed by atoms with Gasteiger partial charge in [-0.1, -0.05) is 48.5 Å². The molecule has 2 heterocycles. The van der Waals surface area contributed by atoms with Gasteiger partial charge in [-0.15, -0.1) is 0 Å². The third-order valence-corrected chi connectivity index (χ3v) is 5.50. The van der Waals surface area contributed by atoms with Crippen LogP contribution in [0.25, 0.3) is 0 Å². The topological polar surface area (TPSA) is 62.3 Å². The lowest BCUT2D eigenvalue weighted by Gasteiger charge is -2.28. The van der Waals surface area contributed by atoms with E-state index in [-0.39, 0.29) is 18.2 Å². The number of carbonyl (C=O) groups excluding carboxylic acids is 2. The Labute approximate surface area is 170 Å². The minimum atomic E-state index is -0.936. The van der Waals surface area contributed by atoms with Gasteiger partial charge in [0.05, 0.1) is 17.3 Å². The van der Waals surface area contributed by atoms with Gasteiger partial charge in [0.25, 0.3) is 0 Å². The van der Waals surface area contributed by atoms with Crippen molar-refractivity contribution in [3.05, 3.63) is 89.7 Å². The summed E-state index contributed by atoms with van der Waals surface area (Å²) in [4.78, 5) is 32.3. The Morgan fingerprint density at radius 3 is 2.48 bits per heavy atom. The molecule has 2 aromatic carbocycles. The molecule has 1 N–H and O–H groups in total. The molecular weight excluding hydrogens is 362 g/mol. The molecule has 146 valence electrons. The SMILES string of the molecule is Cc1ccc(NC(=O)C[C@]2(Cc3ccccc3)C(=O)N(C)c3ccccc32)cn1. The summed E-state index contributed by atoms with van der Waals surface area (Å²) in [5, 5.41) is 2.90. The van der Waals surface area contributed by atoms with Crippen LogP contribution < -0.4 is 10.2 Å². The van der Waals surface area contributed by atoms with E-state index in [0.717, 1.165) is 22.5 Å². The van der Waals surface area contributed by atoms with Gasteiger partial charge in [-0.25, -0.2) is 0 Å². The molecule has 3 aromatic rings. The quantitative estimate of drug-likeness (QED) is 0.725. The van der Waals surface area contributed by atoms with E-state index in [1.165, 1.54) is 0 Å². The molecule has 0 saturated carbocycles. The summed E-state index contributed by atoms with van der Waals surface area (Å²) in [6.45, 7) is 1.89. The van der Waals surface area contributed by atoms with Gasteiger partial charge >= 0.3 is 0 Å². The Morgan fingerprint density at radius 1 is 1.03 bits per heavy atom. The Kier molecular flexibility index (Phi) is 4.89. The molecule has 0 aliphatic carbocycles. The van der Waals surface area contributed by atoms with Gasteiger partial charge < -0.3 is 10.2 Å². The number of para-hydroxylation sites is 1. The minimum Gasteiger partial charge on any atom is -0.325 e. The van der Waals surface area contributed by atoms with Crippen molar-refractivity contribution in [2.24, 2.45) is 0 Å². The normalized spacial score (nSPS) is 17.9. The molecular formula is C24H23N3O2. The van der Waals surface area contributed by atoms with Crippen LogP contribution in [0.5, 0.6) is 0 Å². The number of pyridine rings is 1. The second-order valence-electron chi connectivity index (χ2n) is 7.54. The molecule has 1 aliphatic rings. The van der Waals surface area contributed by atoms with Crippen molar-refractivity contribution in [1.29, 1.82) is 0 Å². The van der Waals surface area contributed by atoms with Crippen LogP contribution in [0.1, 0.15) is 23.2 Å². The fourth-order valence-electron chi connectivity index (χ4n) is 4.09. The fourth-order valence-corrected chi connectivity index (χ4v) is 4.09. The maximum absolute atomic E-state index is 13.5. The molecule has 0 radical (unpaired) electrons. The number of likely N-dealkylation sites (N-methyl/N-ethyl adjacent to an activating group) is 1. The number of fused-ring (bicyclic) bond motifs is 1. The van der Waals surface area contributed by atoms with E-state index in [1.54, 1.807) is 18.1 Å². The van der Waals surface area contributed by atoms with Crippen LogP contribution in [0.3, 0.4) is 0 Å². The van der Waals surface area contributed by atoms with E-state index in [2.05, 4.69) is 10.3 Å². The summed E-state index contributed by atoms with van der Waals surface area (Å²) in [6.07, 6.45) is 2.16. The highest BCUT2D eigenvalue weighted by atomic mass is 16.2. The number of rotatable bonds is 5. The highest BCUT2D eigenvalue weighted by molar-refractivity contribution is 6.10. The highest BCUT2D eigenvalue weighted by Gasteiger charge is 2.50. The predicted octanol–water partition coefficient (Wildman–Crippen LogP) is 3.88. The van der Waals surface area contributed by atoms with E-state index >= 15 is 0 Å². The first-order chi connectivity index (χ1) is 14.0. The van der Waals surface area contributed by atoms with Crippen LogP contribution in [-0.4, -0.2) is 23.8 Å². The molecule has 2 amide bonds. The van der Waals surface area contributed by atoms with Crippen LogP contribution >= 0.6 is 0 Å². The third-order valence-electron chi connectivity index (χ3n) is 5.50. The number of aromatic nitrogens is 1. The second kappa shape index (κ2) is 7.51. The largest absolute Gasteiger partial charge is 0.325 e. The molecule has 4 rings (SSSR count).